The van der Waals surface area contributed by atoms with E-state index in [0.717, 1.165) is 32.6 Å². The van der Waals surface area contributed by atoms with Gasteiger partial charge in [0, 0.05) is 26.0 Å². The van der Waals surface area contributed by atoms with E-state index in [9.17, 15) is 4.79 Å². The van der Waals surface area contributed by atoms with E-state index in [1.54, 1.807) is 13.1 Å². The minimum atomic E-state index is 0.0771. The van der Waals surface area contributed by atoms with Crippen molar-refractivity contribution in [2.75, 3.05) is 13.2 Å². The van der Waals surface area contributed by atoms with Crippen molar-refractivity contribution in [3.8, 4) is 0 Å². The van der Waals surface area contributed by atoms with Crippen LogP contribution in [0.3, 0.4) is 0 Å². The minimum absolute atomic E-state index is 0.0771. The zero-order valence-electron chi connectivity index (χ0n) is 11.0. The summed E-state index contributed by atoms with van der Waals surface area (Å²) in [4.78, 5) is 11.1. The van der Waals surface area contributed by atoms with Crippen molar-refractivity contribution in [1.82, 2.24) is 9.78 Å². The van der Waals surface area contributed by atoms with Crippen molar-refractivity contribution < 1.29 is 9.53 Å². The number of ether oxygens (including phenoxy) is 1. The molecule has 0 saturated carbocycles. The van der Waals surface area contributed by atoms with Gasteiger partial charge in [-0.15, -0.1) is 0 Å². The van der Waals surface area contributed by atoms with Crippen LogP contribution in [0.2, 0.25) is 0 Å². The first-order chi connectivity index (χ1) is 8.25. The molecule has 4 heteroatoms. The molecule has 0 radical (unpaired) electrons. The van der Waals surface area contributed by atoms with E-state index in [1.807, 2.05) is 24.7 Å². The van der Waals surface area contributed by atoms with Gasteiger partial charge in [0.2, 0.25) is 0 Å². The number of Topliss-reactive ketones (excluding diaryl/α,β-unsaturated/α-hetero) is 1. The molecule has 0 aliphatic carbocycles. The average molecular weight is 238 g/mol. The molecule has 1 fully saturated rings. The first-order valence-corrected chi connectivity index (χ1v) is 6.37. The lowest BCUT2D eigenvalue weighted by Crippen LogP contribution is -2.20. The zero-order valence-corrected chi connectivity index (χ0v) is 11.0. The third kappa shape index (κ3) is 4.30. The largest absolute Gasteiger partial charge is 0.381 e. The highest BCUT2D eigenvalue weighted by molar-refractivity contribution is 5.93. The second-order valence-electron chi connectivity index (χ2n) is 4.06. The van der Waals surface area contributed by atoms with Crippen LogP contribution in [0.15, 0.2) is 12.4 Å². The van der Waals surface area contributed by atoms with Crippen molar-refractivity contribution in [3.05, 3.63) is 18.0 Å². The summed E-state index contributed by atoms with van der Waals surface area (Å²) in [5.41, 5.74) is 0.696. The van der Waals surface area contributed by atoms with Crippen molar-refractivity contribution >= 4 is 5.78 Å². The van der Waals surface area contributed by atoms with Gasteiger partial charge in [-0.25, -0.2) is 0 Å². The summed E-state index contributed by atoms with van der Waals surface area (Å²) in [6, 6.07) is 0. The van der Waals surface area contributed by atoms with Crippen LogP contribution in [0.25, 0.3) is 0 Å². The first kappa shape index (κ1) is 13.9. The van der Waals surface area contributed by atoms with Gasteiger partial charge in [0.1, 0.15) is 0 Å². The topological polar surface area (TPSA) is 44.1 Å². The molecular formula is C13H22N2O2. The molecule has 0 spiro atoms. The number of carbonyl (C=O) groups is 1. The van der Waals surface area contributed by atoms with Gasteiger partial charge >= 0.3 is 0 Å². The fourth-order valence-electron chi connectivity index (χ4n) is 1.84. The van der Waals surface area contributed by atoms with Crippen LogP contribution in [-0.2, 0) is 11.3 Å². The molecule has 0 N–H and O–H groups in total. The zero-order chi connectivity index (χ0) is 12.7. The lowest BCUT2D eigenvalue weighted by atomic mass is 10.0. The molecule has 1 saturated heterocycles. The van der Waals surface area contributed by atoms with Crippen LogP contribution in [0.4, 0.5) is 0 Å². The molecule has 0 amide bonds. The normalized spacial score (nSPS) is 16.2. The Bertz CT molecular complexity index is 341. The van der Waals surface area contributed by atoms with Gasteiger partial charge in [0.05, 0.1) is 11.8 Å². The Morgan fingerprint density at radius 3 is 2.65 bits per heavy atom. The van der Waals surface area contributed by atoms with Crippen LogP contribution < -0.4 is 0 Å². The Hall–Kier alpha value is -1.16. The lowest BCUT2D eigenvalue weighted by Gasteiger charge is -2.21. The third-order valence-corrected chi connectivity index (χ3v) is 2.83. The maximum absolute atomic E-state index is 11.1. The molecule has 0 aromatic carbocycles. The molecule has 0 atom stereocenters. The predicted octanol–water partition coefficient (Wildman–Crippen LogP) is 2.54. The Balaban J connectivity index is 0.000000686. The molecule has 0 unspecified atom stereocenters. The Labute approximate surface area is 103 Å². The molecule has 1 aromatic rings. The highest BCUT2D eigenvalue weighted by Crippen LogP contribution is 2.16. The number of aromatic nitrogens is 2. The van der Waals surface area contributed by atoms with Crippen LogP contribution in [0.1, 0.15) is 44.0 Å². The second-order valence-corrected chi connectivity index (χ2v) is 4.06. The van der Waals surface area contributed by atoms with Crippen LogP contribution in [-0.4, -0.2) is 28.8 Å². The smallest absolute Gasteiger partial charge is 0.162 e. The van der Waals surface area contributed by atoms with Gasteiger partial charge in [-0.3, -0.25) is 9.48 Å². The fraction of sp³-hybridized carbons (Fsp3) is 0.692. The van der Waals surface area contributed by atoms with E-state index < -0.39 is 0 Å². The maximum atomic E-state index is 11.1. The monoisotopic (exact) mass is 238 g/mol. The van der Waals surface area contributed by atoms with Gasteiger partial charge in [-0.05, 0) is 25.7 Å². The van der Waals surface area contributed by atoms with Crippen molar-refractivity contribution in [1.29, 1.82) is 0 Å². The summed E-state index contributed by atoms with van der Waals surface area (Å²) >= 11 is 0. The van der Waals surface area contributed by atoms with E-state index >= 15 is 0 Å². The van der Waals surface area contributed by atoms with Crippen molar-refractivity contribution in [3.63, 3.8) is 0 Å². The van der Waals surface area contributed by atoms with Crippen LogP contribution >= 0.6 is 0 Å². The average Bonchev–Trinajstić information content (AvgIpc) is 2.82. The van der Waals surface area contributed by atoms with Gasteiger partial charge in [-0.1, -0.05) is 13.8 Å². The van der Waals surface area contributed by atoms with Gasteiger partial charge in [0.15, 0.2) is 5.78 Å². The minimum Gasteiger partial charge on any atom is -0.381 e. The van der Waals surface area contributed by atoms with Crippen molar-refractivity contribution in [2.24, 2.45) is 5.92 Å². The molecular weight excluding hydrogens is 216 g/mol. The second kappa shape index (κ2) is 7.22. The molecule has 17 heavy (non-hydrogen) atoms. The Morgan fingerprint density at radius 1 is 1.47 bits per heavy atom. The highest BCUT2D eigenvalue weighted by Gasteiger charge is 2.15. The maximum Gasteiger partial charge on any atom is 0.162 e. The number of rotatable bonds is 3. The number of hydrogen-bond acceptors (Lipinski definition) is 3. The van der Waals surface area contributed by atoms with Gasteiger partial charge < -0.3 is 4.74 Å². The van der Waals surface area contributed by atoms with Gasteiger partial charge in [-0.2, -0.15) is 5.10 Å². The standard InChI is InChI=1S/C11H16N2O2.C2H6/c1-9(14)11-6-12-13(8-11)7-10-2-4-15-5-3-10;1-2/h6,8,10H,2-5,7H2,1H3;1-2H3. The molecule has 4 nitrogen and oxygen atoms in total. The highest BCUT2D eigenvalue weighted by atomic mass is 16.5. The number of carbonyl (C=O) groups excluding carboxylic acids is 1. The lowest BCUT2D eigenvalue weighted by molar-refractivity contribution is 0.0601. The Morgan fingerprint density at radius 2 is 2.12 bits per heavy atom. The SMILES string of the molecule is CC.CC(=O)c1cnn(CC2CCOCC2)c1. The Kier molecular flexibility index (Phi) is 5.91. The quantitative estimate of drug-likeness (QED) is 0.760. The predicted molar refractivity (Wildman–Crippen MR) is 67.1 cm³/mol. The van der Waals surface area contributed by atoms with Crippen LogP contribution in [0.5, 0.6) is 0 Å². The first-order valence-electron chi connectivity index (χ1n) is 6.37. The molecule has 1 aliphatic heterocycles. The van der Waals surface area contributed by atoms with Gasteiger partial charge in [0.25, 0.3) is 0 Å². The molecule has 2 rings (SSSR count). The van der Waals surface area contributed by atoms with Crippen molar-refractivity contribution in [2.45, 2.75) is 40.2 Å². The summed E-state index contributed by atoms with van der Waals surface area (Å²) < 4.78 is 7.16. The number of nitrogens with zero attached hydrogens (tertiary/aromatic N) is 2. The summed E-state index contributed by atoms with van der Waals surface area (Å²) in [5, 5.41) is 4.19. The molecule has 96 valence electrons. The van der Waals surface area contributed by atoms with E-state index in [-0.39, 0.29) is 5.78 Å². The fourth-order valence-corrected chi connectivity index (χ4v) is 1.84. The summed E-state index contributed by atoms with van der Waals surface area (Å²) in [6.07, 6.45) is 5.66. The molecule has 2 heterocycles. The summed E-state index contributed by atoms with van der Waals surface area (Å²) in [7, 11) is 0. The number of hydrogen-bond donors (Lipinski definition) is 0. The van der Waals surface area contributed by atoms with E-state index in [2.05, 4.69) is 5.10 Å². The van der Waals surface area contributed by atoms with E-state index in [1.165, 1.54) is 0 Å². The number of ketones is 1. The molecule has 1 aromatic heterocycles. The molecule has 0 bridgehead atoms. The van der Waals surface area contributed by atoms with E-state index in [4.69, 9.17) is 4.74 Å². The van der Waals surface area contributed by atoms with Crippen LogP contribution in [0, 0.1) is 5.92 Å². The van der Waals surface area contributed by atoms with E-state index in [0.29, 0.717) is 11.5 Å². The molecule has 1 aliphatic rings. The summed E-state index contributed by atoms with van der Waals surface area (Å²) in [5.74, 6) is 0.715. The third-order valence-electron chi connectivity index (χ3n) is 2.83. The summed E-state index contributed by atoms with van der Waals surface area (Å²) in [6.45, 7) is 8.17.